The maximum atomic E-state index is 5.64. The largest absolute Gasteiger partial charge is 0.368 e. The van der Waals surface area contributed by atoms with Gasteiger partial charge in [-0.25, -0.2) is 9.97 Å². The second-order valence-corrected chi connectivity index (χ2v) is 4.05. The summed E-state index contributed by atoms with van der Waals surface area (Å²) in [5.74, 6) is 0.327. The van der Waals surface area contributed by atoms with E-state index >= 15 is 0 Å². The van der Waals surface area contributed by atoms with Crippen LogP contribution in [0.4, 0.5) is 5.95 Å². The molecular formula is C13H15N3. The molecule has 2 N–H and O–H groups in total. The molecule has 0 aliphatic heterocycles. The second kappa shape index (κ2) is 3.93. The van der Waals surface area contributed by atoms with Crippen LogP contribution in [-0.2, 0) is 0 Å². The van der Waals surface area contributed by atoms with Gasteiger partial charge in [-0.1, -0.05) is 12.1 Å². The summed E-state index contributed by atoms with van der Waals surface area (Å²) in [5.41, 5.74) is 11.0. The molecule has 1 aromatic carbocycles. The Labute approximate surface area is 95.4 Å². The second-order valence-electron chi connectivity index (χ2n) is 4.05. The van der Waals surface area contributed by atoms with E-state index in [4.69, 9.17) is 5.73 Å². The van der Waals surface area contributed by atoms with Gasteiger partial charge in [0, 0.05) is 11.3 Å². The van der Waals surface area contributed by atoms with E-state index in [1.807, 2.05) is 13.0 Å². The predicted octanol–water partition coefficient (Wildman–Crippen LogP) is 2.65. The van der Waals surface area contributed by atoms with Crippen LogP contribution in [0.2, 0.25) is 0 Å². The molecule has 1 heterocycles. The van der Waals surface area contributed by atoms with E-state index < -0.39 is 0 Å². The number of nitrogens with zero attached hydrogens (tertiary/aromatic N) is 2. The molecule has 0 spiro atoms. The number of nitrogen functional groups attached to an aromatic ring is 1. The molecule has 82 valence electrons. The van der Waals surface area contributed by atoms with Gasteiger partial charge in [-0.05, 0) is 44.0 Å². The summed E-state index contributed by atoms with van der Waals surface area (Å²) >= 11 is 0. The van der Waals surface area contributed by atoms with Crippen molar-refractivity contribution in [2.24, 2.45) is 0 Å². The third-order valence-corrected chi connectivity index (χ3v) is 2.67. The Hall–Kier alpha value is -1.90. The van der Waals surface area contributed by atoms with Crippen LogP contribution in [0.3, 0.4) is 0 Å². The third kappa shape index (κ3) is 2.03. The lowest BCUT2D eigenvalue weighted by Crippen LogP contribution is -1.98. The van der Waals surface area contributed by atoms with Crippen LogP contribution < -0.4 is 5.73 Å². The normalized spacial score (nSPS) is 10.4. The SMILES string of the molecule is Cc1cc(-c2ccc(C)c(C)c2)nc(N)n1. The average Bonchev–Trinajstić information content (AvgIpc) is 2.20. The van der Waals surface area contributed by atoms with E-state index in [0.717, 1.165) is 17.0 Å². The Morgan fingerprint density at radius 1 is 0.938 bits per heavy atom. The molecule has 16 heavy (non-hydrogen) atoms. The quantitative estimate of drug-likeness (QED) is 0.792. The Bertz CT molecular complexity index is 512. The highest BCUT2D eigenvalue weighted by Gasteiger charge is 2.03. The van der Waals surface area contributed by atoms with Gasteiger partial charge in [0.25, 0.3) is 0 Å². The zero-order valence-electron chi connectivity index (χ0n) is 9.78. The fourth-order valence-corrected chi connectivity index (χ4v) is 1.64. The Morgan fingerprint density at radius 2 is 1.69 bits per heavy atom. The lowest BCUT2D eigenvalue weighted by molar-refractivity contribution is 1.12. The van der Waals surface area contributed by atoms with Crippen LogP contribution in [0.15, 0.2) is 24.3 Å². The van der Waals surface area contributed by atoms with E-state index in [0.29, 0.717) is 5.95 Å². The molecule has 0 saturated carbocycles. The molecular weight excluding hydrogens is 198 g/mol. The molecule has 0 fully saturated rings. The highest BCUT2D eigenvalue weighted by atomic mass is 15.0. The van der Waals surface area contributed by atoms with E-state index in [1.165, 1.54) is 11.1 Å². The maximum absolute atomic E-state index is 5.64. The highest BCUT2D eigenvalue weighted by Crippen LogP contribution is 2.21. The third-order valence-electron chi connectivity index (χ3n) is 2.67. The summed E-state index contributed by atoms with van der Waals surface area (Å²) in [7, 11) is 0. The van der Waals surface area contributed by atoms with Crippen molar-refractivity contribution in [3.05, 3.63) is 41.1 Å². The molecule has 0 unspecified atom stereocenters. The van der Waals surface area contributed by atoms with Crippen molar-refractivity contribution in [1.82, 2.24) is 9.97 Å². The first kappa shape index (κ1) is 10.6. The summed E-state index contributed by atoms with van der Waals surface area (Å²) in [6.07, 6.45) is 0. The van der Waals surface area contributed by atoms with Gasteiger partial charge < -0.3 is 5.73 Å². The van der Waals surface area contributed by atoms with E-state index in [2.05, 4.69) is 42.0 Å². The smallest absolute Gasteiger partial charge is 0.220 e. The van der Waals surface area contributed by atoms with Crippen molar-refractivity contribution in [2.75, 3.05) is 5.73 Å². The van der Waals surface area contributed by atoms with Gasteiger partial charge in [0.15, 0.2) is 0 Å². The van der Waals surface area contributed by atoms with Crippen LogP contribution in [0.5, 0.6) is 0 Å². The predicted molar refractivity (Wildman–Crippen MR) is 66.1 cm³/mol. The molecule has 2 rings (SSSR count). The number of anilines is 1. The van der Waals surface area contributed by atoms with E-state index in [1.54, 1.807) is 0 Å². The molecule has 0 atom stereocenters. The number of aromatic nitrogens is 2. The minimum Gasteiger partial charge on any atom is -0.368 e. The zero-order chi connectivity index (χ0) is 11.7. The molecule has 0 aliphatic rings. The van der Waals surface area contributed by atoms with Crippen molar-refractivity contribution in [1.29, 1.82) is 0 Å². The fraction of sp³-hybridized carbons (Fsp3) is 0.231. The lowest BCUT2D eigenvalue weighted by Gasteiger charge is -2.06. The van der Waals surface area contributed by atoms with Gasteiger partial charge in [-0.15, -0.1) is 0 Å². The molecule has 0 saturated heterocycles. The molecule has 1 aromatic heterocycles. The summed E-state index contributed by atoms with van der Waals surface area (Å²) in [4.78, 5) is 8.31. The van der Waals surface area contributed by atoms with Gasteiger partial charge >= 0.3 is 0 Å². The summed E-state index contributed by atoms with van der Waals surface area (Å²) in [5, 5.41) is 0. The van der Waals surface area contributed by atoms with Gasteiger partial charge in [0.2, 0.25) is 5.95 Å². The minimum atomic E-state index is 0.327. The van der Waals surface area contributed by atoms with Crippen molar-refractivity contribution < 1.29 is 0 Å². The van der Waals surface area contributed by atoms with Crippen LogP contribution in [0, 0.1) is 20.8 Å². The molecule has 0 aliphatic carbocycles. The standard InChI is InChI=1S/C13H15N3/c1-8-4-5-11(6-9(8)2)12-7-10(3)15-13(14)16-12/h4-7H,1-3H3,(H2,14,15,16). The van der Waals surface area contributed by atoms with E-state index in [9.17, 15) is 0 Å². The first-order chi connectivity index (χ1) is 7.56. The van der Waals surface area contributed by atoms with Crippen molar-refractivity contribution >= 4 is 5.95 Å². The monoisotopic (exact) mass is 213 g/mol. The lowest BCUT2D eigenvalue weighted by atomic mass is 10.0. The van der Waals surface area contributed by atoms with Gasteiger partial charge in [0.1, 0.15) is 0 Å². The van der Waals surface area contributed by atoms with Gasteiger partial charge in [-0.3, -0.25) is 0 Å². The first-order valence-corrected chi connectivity index (χ1v) is 5.25. The number of rotatable bonds is 1. The molecule has 3 nitrogen and oxygen atoms in total. The minimum absolute atomic E-state index is 0.327. The Morgan fingerprint density at radius 3 is 2.31 bits per heavy atom. The summed E-state index contributed by atoms with van der Waals surface area (Å²) in [6, 6.07) is 8.22. The fourth-order valence-electron chi connectivity index (χ4n) is 1.64. The van der Waals surface area contributed by atoms with Crippen LogP contribution >= 0.6 is 0 Å². The van der Waals surface area contributed by atoms with Crippen LogP contribution in [0.1, 0.15) is 16.8 Å². The van der Waals surface area contributed by atoms with Crippen molar-refractivity contribution in [2.45, 2.75) is 20.8 Å². The molecule has 0 radical (unpaired) electrons. The number of hydrogen-bond acceptors (Lipinski definition) is 3. The number of hydrogen-bond donors (Lipinski definition) is 1. The van der Waals surface area contributed by atoms with E-state index in [-0.39, 0.29) is 0 Å². The maximum Gasteiger partial charge on any atom is 0.220 e. The molecule has 2 aromatic rings. The topological polar surface area (TPSA) is 51.8 Å². The molecule has 0 bridgehead atoms. The number of nitrogens with two attached hydrogens (primary N) is 1. The summed E-state index contributed by atoms with van der Waals surface area (Å²) < 4.78 is 0. The molecule has 3 heteroatoms. The number of benzene rings is 1. The van der Waals surface area contributed by atoms with Crippen molar-refractivity contribution in [3.63, 3.8) is 0 Å². The van der Waals surface area contributed by atoms with Gasteiger partial charge in [-0.2, -0.15) is 0 Å². The number of aryl methyl sites for hydroxylation is 3. The Balaban J connectivity index is 2.54. The Kier molecular flexibility index (Phi) is 2.60. The average molecular weight is 213 g/mol. The van der Waals surface area contributed by atoms with Crippen LogP contribution in [-0.4, -0.2) is 9.97 Å². The molecule has 0 amide bonds. The van der Waals surface area contributed by atoms with Crippen molar-refractivity contribution in [3.8, 4) is 11.3 Å². The highest BCUT2D eigenvalue weighted by molar-refractivity contribution is 5.62. The summed E-state index contributed by atoms with van der Waals surface area (Å²) in [6.45, 7) is 6.11. The zero-order valence-corrected chi connectivity index (χ0v) is 9.78. The van der Waals surface area contributed by atoms with Gasteiger partial charge in [0.05, 0.1) is 5.69 Å². The van der Waals surface area contributed by atoms with Crippen LogP contribution in [0.25, 0.3) is 11.3 Å². The first-order valence-electron chi connectivity index (χ1n) is 5.25.